The van der Waals surface area contributed by atoms with Crippen LogP contribution in [0.25, 0.3) is 10.2 Å². The number of aliphatic hydroxyl groups is 1. The zero-order valence-corrected chi connectivity index (χ0v) is 10.1. The van der Waals surface area contributed by atoms with E-state index in [4.69, 9.17) is 5.11 Å². The number of benzene rings is 1. The van der Waals surface area contributed by atoms with Crippen LogP contribution in [0, 0.1) is 0 Å². The van der Waals surface area contributed by atoms with Gasteiger partial charge in [-0.1, -0.05) is 26.8 Å². The van der Waals surface area contributed by atoms with Gasteiger partial charge in [0.2, 0.25) is 0 Å². The van der Waals surface area contributed by atoms with E-state index in [9.17, 15) is 0 Å². The first-order chi connectivity index (χ1) is 7.00. The summed E-state index contributed by atoms with van der Waals surface area (Å²) >= 11 is 1.73. The van der Waals surface area contributed by atoms with Gasteiger partial charge in [-0.3, -0.25) is 0 Å². The van der Waals surface area contributed by atoms with Gasteiger partial charge in [-0.25, -0.2) is 4.98 Å². The van der Waals surface area contributed by atoms with E-state index in [0.717, 1.165) is 16.1 Å². The van der Waals surface area contributed by atoms with Crippen LogP contribution < -0.4 is 0 Å². The van der Waals surface area contributed by atoms with Gasteiger partial charge in [0.05, 0.1) is 21.8 Å². The Hall–Kier alpha value is -0.930. The summed E-state index contributed by atoms with van der Waals surface area (Å²) in [6.45, 7) is 6.57. The predicted octanol–water partition coefficient (Wildman–Crippen LogP) is 3.09. The molecule has 80 valence electrons. The second kappa shape index (κ2) is 3.58. The van der Waals surface area contributed by atoms with Crippen molar-refractivity contribution in [1.82, 2.24) is 4.98 Å². The van der Waals surface area contributed by atoms with Gasteiger partial charge in [-0.2, -0.15) is 0 Å². The van der Waals surface area contributed by atoms with Crippen LogP contribution >= 0.6 is 11.3 Å². The normalized spacial score (nSPS) is 12.3. The highest BCUT2D eigenvalue weighted by Crippen LogP contribution is 2.31. The first-order valence-corrected chi connectivity index (χ1v) is 5.83. The molecular weight excluding hydrogens is 206 g/mol. The van der Waals surface area contributed by atoms with Crippen LogP contribution in [-0.2, 0) is 12.0 Å². The topological polar surface area (TPSA) is 33.1 Å². The summed E-state index contributed by atoms with van der Waals surface area (Å²) < 4.78 is 1.19. The van der Waals surface area contributed by atoms with Gasteiger partial charge >= 0.3 is 0 Å². The summed E-state index contributed by atoms with van der Waals surface area (Å²) in [5, 5.41) is 10.2. The minimum atomic E-state index is 0.0817. The molecule has 2 rings (SSSR count). The molecule has 1 heterocycles. The van der Waals surface area contributed by atoms with Crippen molar-refractivity contribution in [3.8, 4) is 0 Å². The summed E-state index contributed by atoms with van der Waals surface area (Å²) in [7, 11) is 0. The van der Waals surface area contributed by atoms with Crippen molar-refractivity contribution in [3.63, 3.8) is 0 Å². The van der Waals surface area contributed by atoms with Crippen LogP contribution in [0.4, 0.5) is 0 Å². The molecule has 0 saturated carbocycles. The quantitative estimate of drug-likeness (QED) is 0.802. The molecule has 0 amide bonds. The Labute approximate surface area is 93.6 Å². The highest BCUT2D eigenvalue weighted by Gasteiger charge is 2.18. The predicted molar refractivity (Wildman–Crippen MR) is 64.2 cm³/mol. The summed E-state index contributed by atoms with van der Waals surface area (Å²) in [4.78, 5) is 4.60. The Morgan fingerprint density at radius 2 is 2.07 bits per heavy atom. The lowest BCUT2D eigenvalue weighted by Crippen LogP contribution is -2.09. The van der Waals surface area contributed by atoms with E-state index < -0.39 is 0 Å². The Bertz CT molecular complexity index is 482. The van der Waals surface area contributed by atoms with Crippen LogP contribution in [-0.4, -0.2) is 10.1 Å². The van der Waals surface area contributed by atoms with Crippen molar-refractivity contribution in [2.24, 2.45) is 0 Å². The van der Waals surface area contributed by atoms with Crippen LogP contribution in [0.15, 0.2) is 18.2 Å². The first kappa shape index (κ1) is 10.6. The highest BCUT2D eigenvalue weighted by molar-refractivity contribution is 7.18. The van der Waals surface area contributed by atoms with Crippen LogP contribution in [0.5, 0.6) is 0 Å². The Kier molecular flexibility index (Phi) is 2.52. The van der Waals surface area contributed by atoms with Gasteiger partial charge in [0, 0.05) is 5.41 Å². The Balaban J connectivity index is 2.56. The third-order valence-corrected chi connectivity index (χ3v) is 3.74. The van der Waals surface area contributed by atoms with E-state index in [-0.39, 0.29) is 12.0 Å². The van der Waals surface area contributed by atoms with E-state index in [2.05, 4.69) is 25.8 Å². The van der Waals surface area contributed by atoms with Crippen molar-refractivity contribution >= 4 is 21.6 Å². The van der Waals surface area contributed by atoms with E-state index in [1.54, 1.807) is 11.3 Å². The molecule has 0 spiro atoms. The molecule has 3 heteroatoms. The zero-order chi connectivity index (χ0) is 11.1. The van der Waals surface area contributed by atoms with Crippen molar-refractivity contribution < 1.29 is 5.11 Å². The lowest BCUT2D eigenvalue weighted by atomic mass is 9.98. The van der Waals surface area contributed by atoms with Gasteiger partial charge < -0.3 is 5.11 Å². The van der Waals surface area contributed by atoms with E-state index in [1.165, 1.54) is 4.70 Å². The average Bonchev–Trinajstić information content (AvgIpc) is 2.59. The number of rotatable bonds is 1. The number of aromatic nitrogens is 1. The molecule has 0 saturated heterocycles. The van der Waals surface area contributed by atoms with Crippen LogP contribution in [0.1, 0.15) is 31.3 Å². The van der Waals surface area contributed by atoms with Crippen molar-refractivity contribution in [3.05, 3.63) is 28.8 Å². The molecule has 0 atom stereocenters. The standard InChI is InChI=1S/C12H15NOS/c1-12(2,3)11-13-9-6-8(7-14)4-5-10(9)15-11/h4-6,14H,7H2,1-3H3. The average molecular weight is 221 g/mol. The van der Waals surface area contributed by atoms with Gasteiger partial charge in [0.25, 0.3) is 0 Å². The van der Waals surface area contributed by atoms with Gasteiger partial charge in [-0.05, 0) is 17.7 Å². The third kappa shape index (κ3) is 2.03. The largest absolute Gasteiger partial charge is 0.392 e. The minimum absolute atomic E-state index is 0.0817. The molecule has 1 aromatic carbocycles. The van der Waals surface area contributed by atoms with E-state index in [1.807, 2.05) is 18.2 Å². The number of hydrogen-bond acceptors (Lipinski definition) is 3. The molecule has 0 unspecified atom stereocenters. The maximum Gasteiger partial charge on any atom is 0.0992 e. The number of hydrogen-bond donors (Lipinski definition) is 1. The monoisotopic (exact) mass is 221 g/mol. The van der Waals surface area contributed by atoms with Gasteiger partial charge in [-0.15, -0.1) is 11.3 Å². The second-order valence-electron chi connectivity index (χ2n) is 4.73. The molecule has 2 nitrogen and oxygen atoms in total. The fourth-order valence-electron chi connectivity index (χ4n) is 1.39. The highest BCUT2D eigenvalue weighted by atomic mass is 32.1. The molecule has 0 fully saturated rings. The second-order valence-corrected chi connectivity index (χ2v) is 5.76. The van der Waals surface area contributed by atoms with Crippen LogP contribution in [0.3, 0.4) is 0 Å². The summed E-state index contributed by atoms with van der Waals surface area (Å²) in [5.74, 6) is 0. The van der Waals surface area contributed by atoms with Crippen LogP contribution in [0.2, 0.25) is 0 Å². The Morgan fingerprint density at radius 3 is 2.67 bits per heavy atom. The number of nitrogens with zero attached hydrogens (tertiary/aromatic N) is 1. The maximum atomic E-state index is 9.04. The zero-order valence-electron chi connectivity index (χ0n) is 9.24. The van der Waals surface area contributed by atoms with Gasteiger partial charge in [0.1, 0.15) is 0 Å². The lowest BCUT2D eigenvalue weighted by molar-refractivity contribution is 0.282. The molecule has 0 aliphatic rings. The molecule has 0 aliphatic carbocycles. The van der Waals surface area contributed by atoms with E-state index in [0.29, 0.717) is 0 Å². The fourth-order valence-corrected chi connectivity index (χ4v) is 2.40. The van der Waals surface area contributed by atoms with Crippen molar-refractivity contribution in [2.75, 3.05) is 0 Å². The number of fused-ring (bicyclic) bond motifs is 1. The molecule has 1 aromatic heterocycles. The van der Waals surface area contributed by atoms with Crippen molar-refractivity contribution in [2.45, 2.75) is 32.8 Å². The Morgan fingerprint density at radius 1 is 1.33 bits per heavy atom. The SMILES string of the molecule is CC(C)(C)c1nc2cc(CO)ccc2s1. The molecule has 1 N–H and O–H groups in total. The maximum absolute atomic E-state index is 9.04. The summed E-state index contributed by atoms with van der Waals surface area (Å²) in [6, 6.07) is 5.95. The van der Waals surface area contributed by atoms with Crippen molar-refractivity contribution in [1.29, 1.82) is 0 Å². The summed E-state index contributed by atoms with van der Waals surface area (Å²) in [5.41, 5.74) is 2.02. The molecule has 0 aliphatic heterocycles. The first-order valence-electron chi connectivity index (χ1n) is 5.01. The fraction of sp³-hybridized carbons (Fsp3) is 0.417. The molecule has 0 bridgehead atoms. The smallest absolute Gasteiger partial charge is 0.0992 e. The molecule has 2 aromatic rings. The molecular formula is C12H15NOS. The van der Waals surface area contributed by atoms with E-state index >= 15 is 0 Å². The number of thiazole rings is 1. The molecule has 0 radical (unpaired) electrons. The molecule has 15 heavy (non-hydrogen) atoms. The lowest BCUT2D eigenvalue weighted by Gasteiger charge is -2.13. The minimum Gasteiger partial charge on any atom is -0.392 e. The third-order valence-electron chi connectivity index (χ3n) is 2.28. The summed E-state index contributed by atoms with van der Waals surface area (Å²) in [6.07, 6.45) is 0. The van der Waals surface area contributed by atoms with Gasteiger partial charge in [0.15, 0.2) is 0 Å². The number of aliphatic hydroxyl groups excluding tert-OH is 1.